The summed E-state index contributed by atoms with van der Waals surface area (Å²) < 4.78 is 0. The second-order valence-corrected chi connectivity index (χ2v) is 3.08. The third-order valence-corrected chi connectivity index (χ3v) is 1.90. The molecule has 0 aromatic rings. The predicted octanol–water partition coefficient (Wildman–Crippen LogP) is 0.512. The number of hydrogen-bond donors (Lipinski definition) is 2. The fourth-order valence-corrected chi connectivity index (χ4v) is 0.886. The molecule has 5 nitrogen and oxygen atoms in total. The molecule has 5 heteroatoms. The van der Waals surface area contributed by atoms with Gasteiger partial charge in [0.15, 0.2) is 0 Å². The van der Waals surface area contributed by atoms with Crippen LogP contribution in [0, 0.1) is 4.91 Å². The number of aliphatic hydroxyl groups is 2. The molecule has 0 aliphatic rings. The molecule has 0 aliphatic carbocycles. The first kappa shape index (κ1) is 12.3. The first-order valence-electron chi connectivity index (χ1n) is 4.58. The molecule has 13 heavy (non-hydrogen) atoms. The minimum absolute atomic E-state index is 0.192. The SMILES string of the molecule is CCC(O)CN(CC(O)CC)N=O. The van der Waals surface area contributed by atoms with Crippen LogP contribution in [0.25, 0.3) is 0 Å². The zero-order valence-corrected chi connectivity index (χ0v) is 8.18. The Morgan fingerprint density at radius 3 is 1.77 bits per heavy atom. The number of nitrogens with zero attached hydrogens (tertiary/aromatic N) is 2. The van der Waals surface area contributed by atoms with Gasteiger partial charge in [-0.05, 0) is 12.8 Å². The Morgan fingerprint density at radius 1 is 1.15 bits per heavy atom. The summed E-state index contributed by atoms with van der Waals surface area (Å²) in [5, 5.41) is 22.3. The largest absolute Gasteiger partial charge is 0.391 e. The van der Waals surface area contributed by atoms with Gasteiger partial charge >= 0.3 is 0 Å². The normalized spacial score (nSPS) is 15.1. The lowest BCUT2D eigenvalue weighted by molar-refractivity contribution is 0.0671. The van der Waals surface area contributed by atoms with E-state index in [1.165, 1.54) is 0 Å². The van der Waals surface area contributed by atoms with Crippen molar-refractivity contribution in [1.29, 1.82) is 0 Å². The Balaban J connectivity index is 3.81. The highest BCUT2D eigenvalue weighted by Crippen LogP contribution is 2.00. The van der Waals surface area contributed by atoms with Crippen LogP contribution in [0.3, 0.4) is 0 Å². The average Bonchev–Trinajstić information content (AvgIpc) is 2.16. The van der Waals surface area contributed by atoms with Gasteiger partial charge in [-0.1, -0.05) is 13.8 Å². The van der Waals surface area contributed by atoms with Gasteiger partial charge in [0.25, 0.3) is 0 Å². The molecule has 2 N–H and O–H groups in total. The maximum absolute atomic E-state index is 10.3. The average molecular weight is 190 g/mol. The van der Waals surface area contributed by atoms with Gasteiger partial charge in [-0.3, -0.25) is 5.01 Å². The van der Waals surface area contributed by atoms with Gasteiger partial charge in [0.1, 0.15) is 0 Å². The number of hydrogen-bond acceptors (Lipinski definition) is 4. The smallest absolute Gasteiger partial charge is 0.0730 e. The molecule has 0 amide bonds. The van der Waals surface area contributed by atoms with Crippen molar-refractivity contribution in [2.45, 2.75) is 38.9 Å². The third-order valence-electron chi connectivity index (χ3n) is 1.90. The lowest BCUT2D eigenvalue weighted by Crippen LogP contribution is -2.33. The minimum Gasteiger partial charge on any atom is -0.391 e. The molecule has 0 aromatic carbocycles. The molecule has 0 radical (unpaired) electrons. The van der Waals surface area contributed by atoms with Crippen LogP contribution in [0.4, 0.5) is 0 Å². The van der Waals surface area contributed by atoms with Crippen molar-refractivity contribution in [3.63, 3.8) is 0 Å². The second kappa shape index (κ2) is 6.80. The van der Waals surface area contributed by atoms with Crippen molar-refractivity contribution >= 4 is 0 Å². The molecular weight excluding hydrogens is 172 g/mol. The van der Waals surface area contributed by atoms with E-state index >= 15 is 0 Å². The van der Waals surface area contributed by atoms with Gasteiger partial charge < -0.3 is 10.2 Å². The highest BCUT2D eigenvalue weighted by Gasteiger charge is 2.12. The van der Waals surface area contributed by atoms with E-state index in [-0.39, 0.29) is 13.1 Å². The Bertz CT molecular complexity index is 131. The lowest BCUT2D eigenvalue weighted by atomic mass is 10.2. The zero-order valence-electron chi connectivity index (χ0n) is 8.18. The highest BCUT2D eigenvalue weighted by molar-refractivity contribution is 4.63. The predicted molar refractivity (Wildman–Crippen MR) is 50.0 cm³/mol. The summed E-state index contributed by atoms with van der Waals surface area (Å²) in [6.07, 6.45) is 0.0474. The van der Waals surface area contributed by atoms with Crippen LogP contribution in [0.2, 0.25) is 0 Å². The summed E-state index contributed by atoms with van der Waals surface area (Å²) in [5.74, 6) is 0. The summed E-state index contributed by atoms with van der Waals surface area (Å²) >= 11 is 0. The van der Waals surface area contributed by atoms with Gasteiger partial charge in [0.2, 0.25) is 0 Å². The van der Waals surface area contributed by atoms with Gasteiger partial charge in [-0.25, -0.2) is 0 Å². The summed E-state index contributed by atoms with van der Waals surface area (Å²) in [4.78, 5) is 10.3. The van der Waals surface area contributed by atoms with Crippen molar-refractivity contribution in [2.24, 2.45) is 5.29 Å². The fraction of sp³-hybridized carbons (Fsp3) is 1.00. The molecular formula is C8H18N2O3. The molecule has 0 fully saturated rings. The summed E-state index contributed by atoms with van der Waals surface area (Å²) in [6, 6.07) is 0. The van der Waals surface area contributed by atoms with Crippen LogP contribution >= 0.6 is 0 Å². The zero-order chi connectivity index (χ0) is 10.3. The van der Waals surface area contributed by atoms with E-state index in [2.05, 4.69) is 5.29 Å². The van der Waals surface area contributed by atoms with Crippen LogP contribution in [-0.4, -0.2) is 40.5 Å². The third kappa shape index (κ3) is 5.54. The molecule has 0 heterocycles. The van der Waals surface area contributed by atoms with Gasteiger partial charge in [0, 0.05) is 0 Å². The van der Waals surface area contributed by atoms with Crippen molar-refractivity contribution < 1.29 is 10.2 Å². The summed E-state index contributed by atoms with van der Waals surface area (Å²) in [6.45, 7) is 4.03. The number of aliphatic hydroxyl groups excluding tert-OH is 2. The standard InChI is InChI=1S/C8H18N2O3/c1-3-7(11)5-10(9-13)6-8(12)4-2/h7-8,11-12H,3-6H2,1-2H3. The molecule has 0 bridgehead atoms. The van der Waals surface area contributed by atoms with Crippen LogP contribution in [0.5, 0.6) is 0 Å². The molecule has 0 aromatic heterocycles. The molecule has 0 rings (SSSR count). The van der Waals surface area contributed by atoms with Crippen LogP contribution in [0.1, 0.15) is 26.7 Å². The minimum atomic E-state index is -0.554. The maximum Gasteiger partial charge on any atom is 0.0730 e. The lowest BCUT2D eigenvalue weighted by Gasteiger charge is -2.20. The monoisotopic (exact) mass is 190 g/mol. The number of nitroso groups, excluding NO2 is 1. The van der Waals surface area contributed by atoms with E-state index in [9.17, 15) is 15.1 Å². The van der Waals surface area contributed by atoms with E-state index in [1.54, 1.807) is 0 Å². The molecule has 0 aliphatic heterocycles. The van der Waals surface area contributed by atoms with E-state index < -0.39 is 12.2 Å². The van der Waals surface area contributed by atoms with E-state index in [0.717, 1.165) is 5.01 Å². The Morgan fingerprint density at radius 2 is 1.54 bits per heavy atom. The molecule has 0 spiro atoms. The topological polar surface area (TPSA) is 73.1 Å². The maximum atomic E-state index is 10.3. The summed E-state index contributed by atoms with van der Waals surface area (Å²) in [5.41, 5.74) is 0. The van der Waals surface area contributed by atoms with Crippen LogP contribution < -0.4 is 0 Å². The molecule has 2 atom stereocenters. The van der Waals surface area contributed by atoms with Crippen molar-refractivity contribution in [3.05, 3.63) is 4.91 Å². The fourth-order valence-electron chi connectivity index (χ4n) is 0.886. The van der Waals surface area contributed by atoms with Crippen LogP contribution in [0.15, 0.2) is 5.29 Å². The van der Waals surface area contributed by atoms with E-state index in [0.29, 0.717) is 12.8 Å². The highest BCUT2D eigenvalue weighted by atomic mass is 16.3. The van der Waals surface area contributed by atoms with Gasteiger partial charge in [-0.2, -0.15) is 0 Å². The first-order chi connectivity index (χ1) is 6.13. The molecule has 2 unspecified atom stereocenters. The van der Waals surface area contributed by atoms with E-state index in [1.807, 2.05) is 13.8 Å². The van der Waals surface area contributed by atoms with Gasteiger partial charge in [0.05, 0.1) is 30.6 Å². The Labute approximate surface area is 78.3 Å². The van der Waals surface area contributed by atoms with Crippen molar-refractivity contribution in [3.8, 4) is 0 Å². The van der Waals surface area contributed by atoms with Crippen molar-refractivity contribution in [2.75, 3.05) is 13.1 Å². The van der Waals surface area contributed by atoms with Crippen molar-refractivity contribution in [1.82, 2.24) is 5.01 Å². The Kier molecular flexibility index (Phi) is 6.44. The molecule has 0 saturated carbocycles. The van der Waals surface area contributed by atoms with Gasteiger partial charge in [-0.15, -0.1) is 4.91 Å². The van der Waals surface area contributed by atoms with E-state index in [4.69, 9.17) is 0 Å². The quantitative estimate of drug-likeness (QED) is 0.453. The Hall–Kier alpha value is -0.680. The number of rotatable bonds is 7. The molecule has 78 valence electrons. The van der Waals surface area contributed by atoms with Crippen LogP contribution in [-0.2, 0) is 0 Å². The first-order valence-corrected chi connectivity index (χ1v) is 4.58. The summed E-state index contributed by atoms with van der Waals surface area (Å²) in [7, 11) is 0. The molecule has 0 saturated heterocycles. The second-order valence-electron chi connectivity index (χ2n) is 3.08.